The van der Waals surface area contributed by atoms with E-state index >= 15 is 0 Å². The molecule has 0 aromatic carbocycles. The van der Waals surface area contributed by atoms with E-state index in [-0.39, 0.29) is 12.5 Å². The number of amides is 1. The van der Waals surface area contributed by atoms with Gasteiger partial charge in [0.1, 0.15) is 5.54 Å². The van der Waals surface area contributed by atoms with E-state index in [0.717, 1.165) is 4.90 Å². The lowest BCUT2D eigenvalue weighted by molar-refractivity contribution is -0.154. The minimum Gasteiger partial charge on any atom is -0.480 e. The molecule has 5 nitrogen and oxygen atoms in total. The van der Waals surface area contributed by atoms with Gasteiger partial charge in [0.2, 0.25) is 5.91 Å². The zero-order valence-corrected chi connectivity index (χ0v) is 7.50. The Morgan fingerprint density at radius 2 is 1.92 bits per heavy atom. The Balaban J connectivity index is 4.56. The number of rotatable bonds is 3. The first-order chi connectivity index (χ1) is 5.34. The van der Waals surface area contributed by atoms with Gasteiger partial charge in [0.15, 0.2) is 0 Å². The summed E-state index contributed by atoms with van der Waals surface area (Å²) in [6.45, 7) is 2.72. The van der Waals surface area contributed by atoms with Crippen LogP contribution in [0.3, 0.4) is 0 Å². The molecule has 1 amide bonds. The number of carbonyl (C=O) groups excluding carboxylic acids is 1. The Morgan fingerprint density at radius 3 is 2.17 bits per heavy atom. The van der Waals surface area contributed by atoms with Gasteiger partial charge in [-0.2, -0.15) is 0 Å². The van der Waals surface area contributed by atoms with Crippen molar-refractivity contribution in [3.05, 3.63) is 0 Å². The van der Waals surface area contributed by atoms with Crippen LogP contribution in [0.5, 0.6) is 0 Å². The molecule has 0 aliphatic rings. The number of carboxylic acids is 1. The highest BCUT2D eigenvalue weighted by molar-refractivity contribution is 5.86. The monoisotopic (exact) mass is 174 g/mol. The summed E-state index contributed by atoms with van der Waals surface area (Å²) in [5.74, 6) is -1.44. The highest BCUT2D eigenvalue weighted by atomic mass is 16.4. The van der Waals surface area contributed by atoms with E-state index in [1.807, 2.05) is 0 Å². The second-order valence-electron chi connectivity index (χ2n) is 3.02. The van der Waals surface area contributed by atoms with Crippen molar-refractivity contribution in [1.29, 1.82) is 0 Å². The van der Waals surface area contributed by atoms with Crippen LogP contribution in [-0.4, -0.2) is 41.0 Å². The van der Waals surface area contributed by atoms with Gasteiger partial charge < -0.3 is 15.7 Å². The first kappa shape index (κ1) is 10.9. The van der Waals surface area contributed by atoms with Crippen molar-refractivity contribution >= 4 is 11.9 Å². The second kappa shape index (κ2) is 3.53. The van der Waals surface area contributed by atoms with Crippen molar-refractivity contribution in [3.8, 4) is 0 Å². The molecule has 0 atom stereocenters. The number of hydrogen-bond acceptors (Lipinski definition) is 3. The molecule has 0 spiro atoms. The van der Waals surface area contributed by atoms with E-state index in [1.165, 1.54) is 20.9 Å². The number of nitrogens with zero attached hydrogens (tertiary/aromatic N) is 1. The predicted octanol–water partition coefficient (Wildman–Crippen LogP) is -0.733. The van der Waals surface area contributed by atoms with Gasteiger partial charge in [-0.15, -0.1) is 0 Å². The van der Waals surface area contributed by atoms with Gasteiger partial charge in [0.05, 0.1) is 6.54 Å². The van der Waals surface area contributed by atoms with Crippen LogP contribution < -0.4 is 5.73 Å². The van der Waals surface area contributed by atoms with Gasteiger partial charge in [0.25, 0.3) is 0 Å². The van der Waals surface area contributed by atoms with Gasteiger partial charge >= 0.3 is 5.97 Å². The molecule has 0 aromatic heterocycles. The van der Waals surface area contributed by atoms with Gasteiger partial charge in [-0.1, -0.05) is 0 Å². The predicted molar refractivity (Wildman–Crippen MR) is 43.5 cm³/mol. The Hall–Kier alpha value is -1.10. The molecule has 0 heterocycles. The highest BCUT2D eigenvalue weighted by Crippen LogP contribution is 2.11. The number of carboxylic acid groups (broad SMARTS) is 1. The third-order valence-corrected chi connectivity index (χ3v) is 1.91. The molecule has 70 valence electrons. The lowest BCUT2D eigenvalue weighted by Gasteiger charge is -2.31. The smallest absolute Gasteiger partial charge is 0.329 e. The molecular weight excluding hydrogens is 160 g/mol. The number of likely N-dealkylation sites (N-methyl/N-ethyl adjacent to an activating group) is 1. The quantitative estimate of drug-likeness (QED) is 0.590. The number of aliphatic carboxylic acids is 1. The van der Waals surface area contributed by atoms with Crippen molar-refractivity contribution < 1.29 is 14.7 Å². The first-order valence-corrected chi connectivity index (χ1v) is 3.54. The molecule has 5 heteroatoms. The van der Waals surface area contributed by atoms with Crippen LogP contribution in [0, 0.1) is 0 Å². The van der Waals surface area contributed by atoms with Crippen molar-refractivity contribution in [1.82, 2.24) is 4.90 Å². The summed E-state index contributed by atoms with van der Waals surface area (Å²) in [4.78, 5) is 22.8. The van der Waals surface area contributed by atoms with Crippen LogP contribution >= 0.6 is 0 Å². The van der Waals surface area contributed by atoms with E-state index < -0.39 is 11.5 Å². The van der Waals surface area contributed by atoms with Crippen molar-refractivity contribution in [2.75, 3.05) is 13.6 Å². The Bertz CT molecular complexity index is 201. The van der Waals surface area contributed by atoms with Crippen LogP contribution in [0.2, 0.25) is 0 Å². The molecule has 0 unspecified atom stereocenters. The molecule has 0 fully saturated rings. The lowest BCUT2D eigenvalue weighted by Crippen LogP contribution is -2.52. The molecule has 0 radical (unpaired) electrons. The van der Waals surface area contributed by atoms with Crippen LogP contribution in [0.15, 0.2) is 0 Å². The van der Waals surface area contributed by atoms with Crippen molar-refractivity contribution in [2.24, 2.45) is 5.73 Å². The summed E-state index contributed by atoms with van der Waals surface area (Å²) in [5.41, 5.74) is 3.89. The maximum absolute atomic E-state index is 11.0. The van der Waals surface area contributed by atoms with E-state index in [0.29, 0.717) is 0 Å². The molecular formula is C7H14N2O3. The normalized spacial score (nSPS) is 11.0. The number of nitrogens with two attached hydrogens (primary N) is 1. The third kappa shape index (κ3) is 1.94. The molecule has 0 rings (SSSR count). The standard InChI is InChI=1S/C7H14N2O3/c1-7(2,6(11)12)9(3)5(10)4-8/h4,8H2,1-3H3,(H,11,12). The second-order valence-corrected chi connectivity index (χ2v) is 3.02. The average Bonchev–Trinajstić information content (AvgIpc) is 2.01. The van der Waals surface area contributed by atoms with Crippen LogP contribution in [0.25, 0.3) is 0 Å². The fraction of sp³-hybridized carbons (Fsp3) is 0.714. The van der Waals surface area contributed by atoms with Gasteiger partial charge in [-0.3, -0.25) is 4.79 Å². The summed E-state index contributed by atoms with van der Waals surface area (Å²) >= 11 is 0. The minimum absolute atomic E-state index is 0.173. The number of hydrogen-bond donors (Lipinski definition) is 2. The fourth-order valence-electron chi connectivity index (χ4n) is 0.592. The summed E-state index contributed by atoms with van der Waals surface area (Å²) in [6, 6.07) is 0. The summed E-state index contributed by atoms with van der Waals surface area (Å²) in [5, 5.41) is 8.72. The average molecular weight is 174 g/mol. The SMILES string of the molecule is CN(C(=O)CN)C(C)(C)C(=O)O. The summed E-state index contributed by atoms with van der Waals surface area (Å²) in [7, 11) is 1.42. The Morgan fingerprint density at radius 1 is 1.50 bits per heavy atom. The third-order valence-electron chi connectivity index (χ3n) is 1.91. The van der Waals surface area contributed by atoms with Gasteiger partial charge in [-0.05, 0) is 13.8 Å². The largest absolute Gasteiger partial charge is 0.480 e. The zero-order chi connectivity index (χ0) is 9.94. The van der Waals surface area contributed by atoms with Crippen LogP contribution in [0.1, 0.15) is 13.8 Å². The minimum atomic E-state index is -1.20. The molecule has 0 aliphatic heterocycles. The zero-order valence-electron chi connectivity index (χ0n) is 7.50. The highest BCUT2D eigenvalue weighted by Gasteiger charge is 2.34. The Labute approximate surface area is 71.1 Å². The maximum Gasteiger partial charge on any atom is 0.329 e. The molecule has 0 aliphatic carbocycles. The van der Waals surface area contributed by atoms with Crippen molar-refractivity contribution in [3.63, 3.8) is 0 Å². The van der Waals surface area contributed by atoms with E-state index in [9.17, 15) is 9.59 Å². The molecule has 0 saturated carbocycles. The molecule has 3 N–H and O–H groups in total. The topological polar surface area (TPSA) is 83.6 Å². The summed E-state index contributed by atoms with van der Waals surface area (Å²) in [6.07, 6.45) is 0. The maximum atomic E-state index is 11.0. The number of carbonyl (C=O) groups is 2. The molecule has 0 aromatic rings. The molecule has 0 bridgehead atoms. The lowest BCUT2D eigenvalue weighted by atomic mass is 10.0. The van der Waals surface area contributed by atoms with Crippen LogP contribution in [0.4, 0.5) is 0 Å². The molecule has 12 heavy (non-hydrogen) atoms. The van der Waals surface area contributed by atoms with E-state index in [4.69, 9.17) is 10.8 Å². The van der Waals surface area contributed by atoms with Gasteiger partial charge in [0, 0.05) is 7.05 Å². The fourth-order valence-corrected chi connectivity index (χ4v) is 0.592. The van der Waals surface area contributed by atoms with Crippen LogP contribution in [-0.2, 0) is 9.59 Å². The Kier molecular flexibility index (Phi) is 3.21. The molecule has 0 saturated heterocycles. The first-order valence-electron chi connectivity index (χ1n) is 3.54. The van der Waals surface area contributed by atoms with Gasteiger partial charge in [-0.25, -0.2) is 4.79 Å². The van der Waals surface area contributed by atoms with E-state index in [2.05, 4.69) is 0 Å². The van der Waals surface area contributed by atoms with Crippen molar-refractivity contribution in [2.45, 2.75) is 19.4 Å². The summed E-state index contributed by atoms with van der Waals surface area (Å²) < 4.78 is 0. The van der Waals surface area contributed by atoms with E-state index in [1.54, 1.807) is 0 Å².